The minimum atomic E-state index is -0.708. The Kier molecular flexibility index (Phi) is 6.15. The van der Waals surface area contributed by atoms with Crippen LogP contribution in [0.1, 0.15) is 45.8 Å². The fraction of sp³-hybridized carbons (Fsp3) is 0.562. The molecule has 0 radical (unpaired) electrons. The maximum absolute atomic E-state index is 12.8. The number of benzene rings is 1. The maximum atomic E-state index is 12.8. The number of aliphatic hydroxyl groups is 1. The van der Waals surface area contributed by atoms with Crippen LogP contribution in [-0.4, -0.2) is 23.3 Å². The van der Waals surface area contributed by atoms with Crippen molar-refractivity contribution in [3.05, 3.63) is 35.6 Å². The highest BCUT2D eigenvalue weighted by Gasteiger charge is 2.18. The summed E-state index contributed by atoms with van der Waals surface area (Å²) < 4.78 is 17.9. The molecule has 0 aliphatic rings. The molecular weight excluding hydrogens is 273 g/mol. The summed E-state index contributed by atoms with van der Waals surface area (Å²) in [6, 6.07) is 5.75. The highest BCUT2D eigenvalue weighted by Crippen LogP contribution is 2.24. The molecule has 118 valence electrons. The Morgan fingerprint density at radius 1 is 1.33 bits per heavy atom. The minimum absolute atomic E-state index is 0.0992. The van der Waals surface area contributed by atoms with Gasteiger partial charge in [-0.3, -0.25) is 0 Å². The largest absolute Gasteiger partial charge is 0.450 e. The Morgan fingerprint density at radius 3 is 2.43 bits per heavy atom. The second kappa shape index (κ2) is 7.41. The number of alkyl carbamates (subject to hydrolysis) is 1. The number of hydrogen-bond acceptors (Lipinski definition) is 3. The van der Waals surface area contributed by atoms with E-state index in [9.17, 15) is 14.3 Å². The first-order chi connectivity index (χ1) is 9.69. The molecule has 1 aromatic carbocycles. The number of aliphatic hydroxyl groups excluding tert-OH is 1. The number of hydrogen-bond donors (Lipinski definition) is 2. The van der Waals surface area contributed by atoms with E-state index < -0.39 is 12.2 Å². The first-order valence-electron chi connectivity index (χ1n) is 7.07. The van der Waals surface area contributed by atoms with E-state index >= 15 is 0 Å². The molecule has 1 amide bonds. The quantitative estimate of drug-likeness (QED) is 0.875. The summed E-state index contributed by atoms with van der Waals surface area (Å²) in [6.45, 7) is 7.69. The number of ether oxygens (including phenoxy) is 1. The third-order valence-corrected chi connectivity index (χ3v) is 3.03. The summed E-state index contributed by atoms with van der Waals surface area (Å²) in [5.74, 6) is -0.432. The molecule has 1 rings (SSSR count). The van der Waals surface area contributed by atoms with Crippen LogP contribution in [0.5, 0.6) is 0 Å². The van der Waals surface area contributed by atoms with Crippen LogP contribution in [-0.2, 0) is 4.74 Å². The number of rotatable bonds is 5. The fourth-order valence-corrected chi connectivity index (χ4v) is 1.83. The van der Waals surface area contributed by atoms with Crippen molar-refractivity contribution in [2.24, 2.45) is 5.92 Å². The van der Waals surface area contributed by atoms with Crippen LogP contribution >= 0.6 is 0 Å². The average molecular weight is 297 g/mol. The van der Waals surface area contributed by atoms with E-state index in [1.54, 1.807) is 12.1 Å². The minimum Gasteiger partial charge on any atom is -0.450 e. The molecule has 2 atom stereocenters. The summed E-state index contributed by atoms with van der Waals surface area (Å²) in [6.07, 6.45) is -0.651. The Hall–Kier alpha value is -1.62. The van der Waals surface area contributed by atoms with Gasteiger partial charge < -0.3 is 15.2 Å². The summed E-state index contributed by atoms with van der Waals surface area (Å²) in [5.41, 5.74) is 0.319. The molecule has 0 spiro atoms. The van der Waals surface area contributed by atoms with Crippen molar-refractivity contribution in [3.8, 4) is 0 Å². The van der Waals surface area contributed by atoms with E-state index in [1.165, 1.54) is 12.1 Å². The van der Waals surface area contributed by atoms with Gasteiger partial charge in [-0.2, -0.15) is 0 Å². The van der Waals surface area contributed by atoms with Crippen LogP contribution in [0, 0.1) is 11.7 Å². The molecule has 0 aliphatic heterocycles. The van der Waals surface area contributed by atoms with Gasteiger partial charge in [-0.1, -0.05) is 19.1 Å². The predicted molar refractivity (Wildman–Crippen MR) is 79.4 cm³/mol. The molecule has 0 aliphatic carbocycles. The molecule has 4 nitrogen and oxygen atoms in total. The normalized spacial score (nSPS) is 14.4. The van der Waals surface area contributed by atoms with E-state index in [1.807, 2.05) is 27.7 Å². The molecule has 0 fully saturated rings. The SMILES string of the molecule is C[C@@H](CCOC(=O)NC(C)(C)C)[C@H](O)c1ccc(F)cc1. The van der Waals surface area contributed by atoms with Gasteiger partial charge in [0.05, 0.1) is 12.7 Å². The van der Waals surface area contributed by atoms with E-state index in [2.05, 4.69) is 5.32 Å². The van der Waals surface area contributed by atoms with Gasteiger partial charge in [0.25, 0.3) is 0 Å². The van der Waals surface area contributed by atoms with Gasteiger partial charge in [0, 0.05) is 5.54 Å². The molecular formula is C16H24FNO3. The lowest BCUT2D eigenvalue weighted by Gasteiger charge is -2.22. The summed E-state index contributed by atoms with van der Waals surface area (Å²) in [5, 5.41) is 12.8. The number of amides is 1. The molecule has 0 saturated heterocycles. The van der Waals surface area contributed by atoms with Crippen molar-refractivity contribution >= 4 is 6.09 Å². The first-order valence-corrected chi connectivity index (χ1v) is 7.07. The van der Waals surface area contributed by atoms with E-state index in [4.69, 9.17) is 4.74 Å². The van der Waals surface area contributed by atoms with Gasteiger partial charge in [0.1, 0.15) is 5.82 Å². The second-order valence-electron chi connectivity index (χ2n) is 6.27. The van der Waals surface area contributed by atoms with Crippen LogP contribution in [0.4, 0.5) is 9.18 Å². The standard InChI is InChI=1S/C16H24FNO3/c1-11(9-10-21-15(20)18-16(2,3)4)14(19)12-5-7-13(17)8-6-12/h5-8,11,14,19H,9-10H2,1-4H3,(H,18,20)/t11-,14-/m0/s1. The molecule has 0 heterocycles. The van der Waals surface area contributed by atoms with Crippen molar-refractivity contribution in [3.63, 3.8) is 0 Å². The van der Waals surface area contributed by atoms with E-state index in [0.29, 0.717) is 12.0 Å². The highest BCUT2D eigenvalue weighted by molar-refractivity contribution is 5.67. The third kappa shape index (κ3) is 6.58. The van der Waals surface area contributed by atoms with Gasteiger partial charge in [-0.15, -0.1) is 0 Å². The zero-order valence-electron chi connectivity index (χ0n) is 13.0. The van der Waals surface area contributed by atoms with E-state index in [0.717, 1.165) is 0 Å². The average Bonchev–Trinajstić information content (AvgIpc) is 2.36. The zero-order valence-corrected chi connectivity index (χ0v) is 13.0. The molecule has 0 unspecified atom stereocenters. The van der Waals surface area contributed by atoms with Gasteiger partial charge in [0.2, 0.25) is 0 Å². The number of halogens is 1. The van der Waals surface area contributed by atoms with Crippen molar-refractivity contribution in [1.82, 2.24) is 5.32 Å². The van der Waals surface area contributed by atoms with Gasteiger partial charge >= 0.3 is 6.09 Å². The van der Waals surface area contributed by atoms with Crippen LogP contribution in [0.15, 0.2) is 24.3 Å². The van der Waals surface area contributed by atoms with Gasteiger partial charge in [-0.05, 0) is 50.8 Å². The molecule has 21 heavy (non-hydrogen) atoms. The van der Waals surface area contributed by atoms with Crippen LogP contribution in [0.2, 0.25) is 0 Å². The zero-order chi connectivity index (χ0) is 16.0. The lowest BCUT2D eigenvalue weighted by atomic mass is 9.95. The van der Waals surface area contributed by atoms with Crippen molar-refractivity contribution in [1.29, 1.82) is 0 Å². The Bertz CT molecular complexity index is 454. The Labute approximate surface area is 125 Å². The molecule has 0 bridgehead atoms. The fourth-order valence-electron chi connectivity index (χ4n) is 1.83. The maximum Gasteiger partial charge on any atom is 0.407 e. The number of nitrogens with one attached hydrogen (secondary N) is 1. The molecule has 1 aromatic rings. The lowest BCUT2D eigenvalue weighted by molar-refractivity contribution is 0.0860. The monoisotopic (exact) mass is 297 g/mol. The second-order valence-corrected chi connectivity index (χ2v) is 6.27. The van der Waals surface area contributed by atoms with E-state index in [-0.39, 0.29) is 23.9 Å². The smallest absolute Gasteiger partial charge is 0.407 e. The predicted octanol–water partition coefficient (Wildman–Crippen LogP) is 3.41. The molecule has 5 heteroatoms. The lowest BCUT2D eigenvalue weighted by Crippen LogP contribution is -2.41. The first kappa shape index (κ1) is 17.4. The summed E-state index contributed by atoms with van der Waals surface area (Å²) in [7, 11) is 0. The Morgan fingerprint density at radius 2 is 1.90 bits per heavy atom. The molecule has 2 N–H and O–H groups in total. The van der Waals surface area contributed by atoms with Crippen LogP contribution in [0.3, 0.4) is 0 Å². The van der Waals surface area contributed by atoms with Crippen molar-refractivity contribution in [2.75, 3.05) is 6.61 Å². The summed E-state index contributed by atoms with van der Waals surface area (Å²) in [4.78, 5) is 11.5. The van der Waals surface area contributed by atoms with Crippen LogP contribution in [0.25, 0.3) is 0 Å². The van der Waals surface area contributed by atoms with Crippen LogP contribution < -0.4 is 5.32 Å². The highest BCUT2D eigenvalue weighted by atomic mass is 19.1. The van der Waals surface area contributed by atoms with Gasteiger partial charge in [-0.25, -0.2) is 9.18 Å². The molecule has 0 aromatic heterocycles. The topological polar surface area (TPSA) is 58.6 Å². The number of carbonyl (C=O) groups is 1. The third-order valence-electron chi connectivity index (χ3n) is 3.03. The molecule has 0 saturated carbocycles. The van der Waals surface area contributed by atoms with Crippen molar-refractivity contribution in [2.45, 2.75) is 45.8 Å². The Balaban J connectivity index is 2.38. The van der Waals surface area contributed by atoms with Crippen molar-refractivity contribution < 1.29 is 19.0 Å². The van der Waals surface area contributed by atoms with Gasteiger partial charge in [0.15, 0.2) is 0 Å². The number of carbonyl (C=O) groups excluding carboxylic acids is 1. The summed E-state index contributed by atoms with van der Waals surface area (Å²) >= 11 is 0.